The molecule has 5 nitrogen and oxygen atoms in total. The topological polar surface area (TPSA) is 64.6 Å². The van der Waals surface area contributed by atoms with Crippen LogP contribution in [0.3, 0.4) is 0 Å². The van der Waals surface area contributed by atoms with Crippen molar-refractivity contribution >= 4 is 39.9 Å². The Labute approximate surface area is 168 Å². The molecule has 6 heteroatoms. The van der Waals surface area contributed by atoms with E-state index in [2.05, 4.69) is 5.32 Å². The molecule has 3 rings (SSSR count). The van der Waals surface area contributed by atoms with Crippen LogP contribution >= 0.6 is 11.6 Å². The monoisotopic (exact) mass is 397 g/mol. The highest BCUT2D eigenvalue weighted by molar-refractivity contribution is 6.34. The largest absolute Gasteiger partial charge is 0.481 e. The zero-order valence-electron chi connectivity index (χ0n) is 15.6. The summed E-state index contributed by atoms with van der Waals surface area (Å²) in [6.07, 6.45) is -0.718. The Morgan fingerprint density at radius 2 is 1.79 bits per heavy atom. The van der Waals surface area contributed by atoms with Crippen LogP contribution in [0.4, 0.5) is 5.69 Å². The third-order valence-corrected chi connectivity index (χ3v) is 4.45. The van der Waals surface area contributed by atoms with Crippen molar-refractivity contribution in [2.24, 2.45) is 0 Å². The Balaban J connectivity index is 1.66. The van der Waals surface area contributed by atoms with Gasteiger partial charge in [0, 0.05) is 5.69 Å². The molecule has 0 aromatic heterocycles. The molecule has 1 N–H and O–H groups in total. The minimum absolute atomic E-state index is 0.208. The maximum Gasteiger partial charge on any atom is 0.339 e. The number of halogens is 1. The molecule has 0 bridgehead atoms. The third kappa shape index (κ3) is 4.61. The van der Waals surface area contributed by atoms with Gasteiger partial charge in [-0.2, -0.15) is 0 Å². The number of rotatable bonds is 6. The lowest BCUT2D eigenvalue weighted by molar-refractivity contribution is -0.122. The van der Waals surface area contributed by atoms with Gasteiger partial charge in [0.1, 0.15) is 5.75 Å². The van der Waals surface area contributed by atoms with E-state index in [9.17, 15) is 9.59 Å². The number of hydrogen-bond acceptors (Lipinski definition) is 4. The first-order valence-corrected chi connectivity index (χ1v) is 9.28. The molecule has 0 aliphatic carbocycles. The van der Waals surface area contributed by atoms with E-state index in [1.54, 1.807) is 19.9 Å². The maximum atomic E-state index is 12.4. The first-order chi connectivity index (χ1) is 13.5. The highest BCUT2D eigenvalue weighted by atomic mass is 35.5. The summed E-state index contributed by atoms with van der Waals surface area (Å²) in [4.78, 5) is 24.2. The van der Waals surface area contributed by atoms with Crippen LogP contribution in [0.25, 0.3) is 10.8 Å². The molecule has 0 heterocycles. The van der Waals surface area contributed by atoms with Crippen molar-refractivity contribution in [1.29, 1.82) is 0 Å². The van der Waals surface area contributed by atoms with Gasteiger partial charge in [-0.05, 0) is 55.0 Å². The molecule has 0 saturated carbocycles. The van der Waals surface area contributed by atoms with E-state index >= 15 is 0 Å². The lowest BCUT2D eigenvalue weighted by Crippen LogP contribution is -2.30. The Bertz CT molecular complexity index is 1020. The minimum Gasteiger partial charge on any atom is -0.481 e. The van der Waals surface area contributed by atoms with Gasteiger partial charge >= 0.3 is 5.97 Å². The number of esters is 1. The average molecular weight is 398 g/mol. The summed E-state index contributed by atoms with van der Waals surface area (Å²) in [7, 11) is 0. The molecular weight excluding hydrogens is 378 g/mol. The molecule has 0 unspecified atom stereocenters. The number of nitrogens with one attached hydrogen (secondary N) is 1. The number of benzene rings is 3. The van der Waals surface area contributed by atoms with Crippen LogP contribution in [0.2, 0.25) is 5.02 Å². The van der Waals surface area contributed by atoms with E-state index in [1.165, 1.54) is 12.1 Å². The highest BCUT2D eigenvalue weighted by Crippen LogP contribution is 2.24. The number of amides is 1. The molecule has 0 radical (unpaired) electrons. The molecule has 3 aromatic carbocycles. The van der Waals surface area contributed by atoms with Gasteiger partial charge < -0.3 is 14.8 Å². The van der Waals surface area contributed by atoms with Gasteiger partial charge in [-0.25, -0.2) is 4.79 Å². The van der Waals surface area contributed by atoms with Crippen molar-refractivity contribution in [2.75, 3.05) is 11.9 Å². The van der Waals surface area contributed by atoms with Crippen molar-refractivity contribution in [3.05, 3.63) is 71.2 Å². The summed E-state index contributed by atoms with van der Waals surface area (Å²) in [5.41, 5.74) is 0.721. The molecule has 1 atom stereocenters. The number of ether oxygens (including phenoxy) is 2. The van der Waals surface area contributed by atoms with Gasteiger partial charge in [-0.1, -0.05) is 41.9 Å². The van der Waals surface area contributed by atoms with E-state index in [1.807, 2.05) is 42.5 Å². The van der Waals surface area contributed by atoms with Crippen LogP contribution in [0.15, 0.2) is 60.7 Å². The van der Waals surface area contributed by atoms with Crippen LogP contribution in [-0.2, 0) is 9.53 Å². The molecule has 3 aromatic rings. The summed E-state index contributed by atoms with van der Waals surface area (Å²) in [6, 6.07) is 18.2. The molecule has 144 valence electrons. The van der Waals surface area contributed by atoms with Crippen LogP contribution in [0, 0.1) is 0 Å². The van der Waals surface area contributed by atoms with Gasteiger partial charge in [0.2, 0.25) is 0 Å². The van der Waals surface area contributed by atoms with Crippen LogP contribution in [0.1, 0.15) is 24.2 Å². The van der Waals surface area contributed by atoms with Crippen molar-refractivity contribution in [1.82, 2.24) is 0 Å². The van der Waals surface area contributed by atoms with Crippen LogP contribution in [-0.4, -0.2) is 24.6 Å². The molecule has 0 aliphatic heterocycles. The van der Waals surface area contributed by atoms with E-state index in [4.69, 9.17) is 21.1 Å². The fourth-order valence-electron chi connectivity index (χ4n) is 2.71. The quantitative estimate of drug-likeness (QED) is 0.589. The first kappa shape index (κ1) is 19.7. The first-order valence-electron chi connectivity index (χ1n) is 8.91. The van der Waals surface area contributed by atoms with Gasteiger partial charge in [0.25, 0.3) is 5.91 Å². The van der Waals surface area contributed by atoms with Crippen molar-refractivity contribution in [2.45, 2.75) is 20.0 Å². The summed E-state index contributed by atoms with van der Waals surface area (Å²) < 4.78 is 10.7. The minimum atomic E-state index is -0.718. The molecule has 1 amide bonds. The van der Waals surface area contributed by atoms with E-state index in [-0.39, 0.29) is 23.1 Å². The molecule has 0 spiro atoms. The van der Waals surface area contributed by atoms with E-state index in [0.717, 1.165) is 10.8 Å². The molecular formula is C22H20ClNO4. The van der Waals surface area contributed by atoms with Crippen LogP contribution < -0.4 is 10.1 Å². The fraction of sp³-hybridized carbons (Fsp3) is 0.182. The van der Waals surface area contributed by atoms with Gasteiger partial charge in [-0.15, -0.1) is 0 Å². The summed E-state index contributed by atoms with van der Waals surface area (Å²) in [6.45, 7) is 3.65. The SMILES string of the molecule is CCOC(=O)c1ccc(NC(=O)[C@@H](C)Oc2ccc3ccccc3c2)cc1Cl. The summed E-state index contributed by atoms with van der Waals surface area (Å²) in [5, 5.41) is 5.08. The van der Waals surface area contributed by atoms with Gasteiger partial charge in [0.05, 0.1) is 17.2 Å². The fourth-order valence-corrected chi connectivity index (χ4v) is 2.97. The predicted molar refractivity (Wildman–Crippen MR) is 110 cm³/mol. The van der Waals surface area contributed by atoms with Crippen LogP contribution in [0.5, 0.6) is 5.75 Å². The zero-order chi connectivity index (χ0) is 20.1. The Morgan fingerprint density at radius 1 is 1.04 bits per heavy atom. The Hall–Kier alpha value is -3.05. The number of carbonyl (C=O) groups is 2. The normalized spacial score (nSPS) is 11.7. The molecule has 0 saturated heterocycles. The zero-order valence-corrected chi connectivity index (χ0v) is 16.3. The number of anilines is 1. The summed E-state index contributed by atoms with van der Waals surface area (Å²) >= 11 is 6.12. The third-order valence-electron chi connectivity index (χ3n) is 4.13. The second kappa shape index (κ2) is 8.76. The average Bonchev–Trinajstić information content (AvgIpc) is 2.68. The lowest BCUT2D eigenvalue weighted by Gasteiger charge is -2.15. The lowest BCUT2D eigenvalue weighted by atomic mass is 10.1. The number of hydrogen-bond donors (Lipinski definition) is 1. The second-order valence-corrected chi connectivity index (χ2v) is 6.58. The number of carbonyl (C=O) groups excluding carboxylic acids is 2. The Kier molecular flexibility index (Phi) is 6.16. The van der Waals surface area contributed by atoms with Gasteiger partial charge in [-0.3, -0.25) is 4.79 Å². The predicted octanol–water partition coefficient (Wildman–Crippen LogP) is 5.08. The standard InChI is InChI=1S/C22H20ClNO4/c1-3-27-22(26)19-11-9-17(13-20(19)23)24-21(25)14(2)28-18-10-8-15-6-4-5-7-16(15)12-18/h4-14H,3H2,1-2H3,(H,24,25)/t14-/m1/s1. The molecule has 0 fully saturated rings. The number of fused-ring (bicyclic) bond motifs is 1. The summed E-state index contributed by atoms with van der Waals surface area (Å²) in [5.74, 6) is -0.219. The Morgan fingerprint density at radius 3 is 2.50 bits per heavy atom. The maximum absolute atomic E-state index is 12.4. The van der Waals surface area contributed by atoms with E-state index in [0.29, 0.717) is 11.4 Å². The molecule has 28 heavy (non-hydrogen) atoms. The highest BCUT2D eigenvalue weighted by Gasteiger charge is 2.17. The van der Waals surface area contributed by atoms with Gasteiger partial charge in [0.15, 0.2) is 6.10 Å². The van der Waals surface area contributed by atoms with Crippen molar-refractivity contribution in [3.8, 4) is 5.75 Å². The van der Waals surface area contributed by atoms with E-state index < -0.39 is 12.1 Å². The second-order valence-electron chi connectivity index (χ2n) is 6.17. The van der Waals surface area contributed by atoms with Crippen molar-refractivity contribution in [3.63, 3.8) is 0 Å². The molecule has 0 aliphatic rings. The van der Waals surface area contributed by atoms with Crippen molar-refractivity contribution < 1.29 is 19.1 Å². The smallest absolute Gasteiger partial charge is 0.339 e.